The zero-order chi connectivity index (χ0) is 13.9. The Morgan fingerprint density at radius 3 is 2.45 bits per heavy atom. The Balaban J connectivity index is 1.67. The van der Waals surface area contributed by atoms with Crippen molar-refractivity contribution in [3.63, 3.8) is 0 Å². The number of nitrogens with two attached hydrogens (primary N) is 1. The topological polar surface area (TPSA) is 42.2 Å². The van der Waals surface area contributed by atoms with Gasteiger partial charge in [0.2, 0.25) is 0 Å². The first-order valence-corrected chi connectivity index (χ1v) is 8.08. The minimum absolute atomic E-state index is 0.669. The van der Waals surface area contributed by atoms with Gasteiger partial charge < -0.3 is 5.73 Å². The Labute approximate surface area is 124 Å². The van der Waals surface area contributed by atoms with Crippen LogP contribution in [0.4, 0.5) is 5.13 Å². The average Bonchev–Trinajstić information content (AvgIpc) is 3.23. The molecule has 1 aliphatic carbocycles. The highest BCUT2D eigenvalue weighted by Crippen LogP contribution is 2.31. The summed E-state index contributed by atoms with van der Waals surface area (Å²) >= 11 is 1.60. The van der Waals surface area contributed by atoms with Crippen LogP contribution in [-0.2, 0) is 19.5 Å². The van der Waals surface area contributed by atoms with Crippen molar-refractivity contribution in [2.24, 2.45) is 0 Å². The maximum Gasteiger partial charge on any atom is 0.180 e. The van der Waals surface area contributed by atoms with Crippen LogP contribution in [0.15, 0.2) is 30.5 Å². The van der Waals surface area contributed by atoms with E-state index in [1.165, 1.54) is 28.8 Å². The molecule has 106 valence electrons. The fourth-order valence-electron chi connectivity index (χ4n) is 2.46. The van der Waals surface area contributed by atoms with Gasteiger partial charge in [-0.3, -0.25) is 4.90 Å². The molecule has 0 unspecified atom stereocenters. The highest BCUT2D eigenvalue weighted by Gasteiger charge is 2.29. The van der Waals surface area contributed by atoms with Crippen LogP contribution in [0.3, 0.4) is 0 Å². The van der Waals surface area contributed by atoms with E-state index >= 15 is 0 Å². The van der Waals surface area contributed by atoms with Gasteiger partial charge in [-0.2, -0.15) is 0 Å². The molecule has 0 aliphatic heterocycles. The van der Waals surface area contributed by atoms with Crippen molar-refractivity contribution in [1.82, 2.24) is 9.88 Å². The van der Waals surface area contributed by atoms with Gasteiger partial charge in [-0.05, 0) is 30.4 Å². The maximum absolute atomic E-state index is 5.72. The van der Waals surface area contributed by atoms with E-state index < -0.39 is 0 Å². The Bertz CT molecular complexity index is 557. The lowest BCUT2D eigenvalue weighted by molar-refractivity contribution is 0.248. The molecule has 3 nitrogen and oxygen atoms in total. The predicted octanol–water partition coefficient (Wildman–Crippen LogP) is 3.45. The van der Waals surface area contributed by atoms with Gasteiger partial charge in [-0.25, -0.2) is 4.98 Å². The van der Waals surface area contributed by atoms with Crippen molar-refractivity contribution in [2.75, 3.05) is 5.73 Å². The van der Waals surface area contributed by atoms with Crippen LogP contribution >= 0.6 is 11.3 Å². The van der Waals surface area contributed by atoms with Gasteiger partial charge in [0.05, 0.1) is 0 Å². The van der Waals surface area contributed by atoms with Crippen molar-refractivity contribution in [3.05, 3.63) is 46.5 Å². The van der Waals surface area contributed by atoms with Gasteiger partial charge in [-0.1, -0.05) is 31.2 Å². The number of nitrogens with zero attached hydrogens (tertiary/aromatic N) is 2. The summed E-state index contributed by atoms with van der Waals surface area (Å²) in [5.74, 6) is 0. The number of aromatic nitrogens is 1. The van der Waals surface area contributed by atoms with Crippen LogP contribution in [0.5, 0.6) is 0 Å². The number of rotatable bonds is 6. The molecule has 0 radical (unpaired) electrons. The molecular weight excluding hydrogens is 266 g/mol. The molecule has 3 rings (SSSR count). The minimum Gasteiger partial charge on any atom is -0.375 e. The van der Waals surface area contributed by atoms with Crippen molar-refractivity contribution < 1.29 is 0 Å². The van der Waals surface area contributed by atoms with Crippen molar-refractivity contribution in [3.8, 4) is 0 Å². The molecule has 0 atom stereocenters. The maximum atomic E-state index is 5.72. The summed E-state index contributed by atoms with van der Waals surface area (Å²) in [5.41, 5.74) is 8.52. The highest BCUT2D eigenvalue weighted by atomic mass is 32.1. The predicted molar refractivity (Wildman–Crippen MR) is 84.6 cm³/mol. The molecule has 2 N–H and O–H groups in total. The Hall–Kier alpha value is -1.39. The first kappa shape index (κ1) is 13.6. The molecule has 0 spiro atoms. The molecule has 1 aliphatic rings. The standard InChI is InChI=1S/C16H21N3S/c1-2-12-3-5-13(6-4-12)10-19(14-7-8-14)11-15-9-18-16(17)20-15/h3-6,9,14H,2,7-8,10-11H2,1H3,(H2,17,18). The lowest BCUT2D eigenvalue weighted by Gasteiger charge is -2.21. The van der Waals surface area contributed by atoms with Crippen LogP contribution in [0, 0.1) is 0 Å². The molecule has 1 fully saturated rings. The number of benzene rings is 1. The second kappa shape index (κ2) is 5.94. The molecule has 0 amide bonds. The van der Waals surface area contributed by atoms with Crippen LogP contribution in [0.25, 0.3) is 0 Å². The van der Waals surface area contributed by atoms with E-state index in [4.69, 9.17) is 5.73 Å². The smallest absolute Gasteiger partial charge is 0.180 e. The summed E-state index contributed by atoms with van der Waals surface area (Å²) < 4.78 is 0. The molecule has 1 saturated carbocycles. The third kappa shape index (κ3) is 3.38. The molecule has 1 aromatic carbocycles. The zero-order valence-corrected chi connectivity index (χ0v) is 12.7. The van der Waals surface area contributed by atoms with Crippen molar-refractivity contribution in [2.45, 2.75) is 45.3 Å². The molecule has 1 aromatic heterocycles. The number of hydrogen-bond donors (Lipinski definition) is 1. The molecule has 20 heavy (non-hydrogen) atoms. The van der Waals surface area contributed by atoms with E-state index in [1.54, 1.807) is 11.3 Å². The van der Waals surface area contributed by atoms with Gasteiger partial charge in [0, 0.05) is 30.2 Å². The van der Waals surface area contributed by atoms with Gasteiger partial charge in [0.1, 0.15) is 0 Å². The Morgan fingerprint density at radius 1 is 1.20 bits per heavy atom. The first-order chi connectivity index (χ1) is 9.74. The van der Waals surface area contributed by atoms with E-state index in [0.717, 1.165) is 25.6 Å². The van der Waals surface area contributed by atoms with Crippen LogP contribution in [-0.4, -0.2) is 15.9 Å². The van der Waals surface area contributed by atoms with Crippen LogP contribution in [0.2, 0.25) is 0 Å². The lowest BCUT2D eigenvalue weighted by Crippen LogP contribution is -2.24. The molecule has 4 heteroatoms. The highest BCUT2D eigenvalue weighted by molar-refractivity contribution is 7.15. The quantitative estimate of drug-likeness (QED) is 0.885. The summed E-state index contributed by atoms with van der Waals surface area (Å²) in [5, 5.41) is 0.669. The van der Waals surface area contributed by atoms with Crippen molar-refractivity contribution >= 4 is 16.5 Å². The monoisotopic (exact) mass is 287 g/mol. The SMILES string of the molecule is CCc1ccc(CN(Cc2cnc(N)s2)C2CC2)cc1. The third-order valence-corrected chi connectivity index (χ3v) is 4.62. The summed E-state index contributed by atoms with van der Waals surface area (Å²) in [4.78, 5) is 7.96. The van der Waals surface area contributed by atoms with Gasteiger partial charge in [0.25, 0.3) is 0 Å². The average molecular weight is 287 g/mol. The van der Waals surface area contributed by atoms with Gasteiger partial charge >= 0.3 is 0 Å². The molecule has 1 heterocycles. The summed E-state index contributed by atoms with van der Waals surface area (Å²) in [6.07, 6.45) is 5.66. The minimum atomic E-state index is 0.669. The molecule has 2 aromatic rings. The number of thiazole rings is 1. The van der Waals surface area contributed by atoms with E-state index in [-0.39, 0.29) is 0 Å². The largest absolute Gasteiger partial charge is 0.375 e. The summed E-state index contributed by atoms with van der Waals surface area (Å²) in [7, 11) is 0. The fourth-order valence-corrected chi connectivity index (χ4v) is 3.17. The van der Waals surface area contributed by atoms with Gasteiger partial charge in [-0.15, -0.1) is 11.3 Å². The number of nitrogen functional groups attached to an aromatic ring is 1. The summed E-state index contributed by atoms with van der Waals surface area (Å²) in [6.45, 7) is 4.18. The van der Waals surface area contributed by atoms with E-state index in [2.05, 4.69) is 41.1 Å². The Morgan fingerprint density at radius 2 is 1.90 bits per heavy atom. The molecular formula is C16H21N3S. The second-order valence-electron chi connectivity index (χ2n) is 5.47. The number of aryl methyl sites for hydroxylation is 1. The van der Waals surface area contributed by atoms with Crippen molar-refractivity contribution in [1.29, 1.82) is 0 Å². The number of hydrogen-bond acceptors (Lipinski definition) is 4. The first-order valence-electron chi connectivity index (χ1n) is 7.26. The Kier molecular flexibility index (Phi) is 4.03. The van der Waals surface area contributed by atoms with Crippen LogP contribution < -0.4 is 5.73 Å². The van der Waals surface area contributed by atoms with Crippen LogP contribution in [0.1, 0.15) is 35.8 Å². The van der Waals surface area contributed by atoms with Gasteiger partial charge in [0.15, 0.2) is 5.13 Å². The molecule has 0 saturated heterocycles. The van der Waals surface area contributed by atoms with E-state index in [9.17, 15) is 0 Å². The second-order valence-corrected chi connectivity index (χ2v) is 6.62. The summed E-state index contributed by atoms with van der Waals surface area (Å²) in [6, 6.07) is 9.74. The third-order valence-electron chi connectivity index (χ3n) is 3.81. The molecule has 0 bridgehead atoms. The van der Waals surface area contributed by atoms with E-state index in [1.807, 2.05) is 6.20 Å². The number of anilines is 1. The van der Waals surface area contributed by atoms with E-state index in [0.29, 0.717) is 5.13 Å². The lowest BCUT2D eigenvalue weighted by atomic mass is 10.1. The zero-order valence-electron chi connectivity index (χ0n) is 11.9. The fraction of sp³-hybridized carbons (Fsp3) is 0.438. The normalized spacial score (nSPS) is 14.9.